The zero-order chi connectivity index (χ0) is 14.2. The molecule has 1 atom stereocenters. The third kappa shape index (κ3) is 2.34. The Balaban J connectivity index is 1.52. The minimum atomic E-state index is -0.0724. The molecule has 4 rings (SSSR count). The topological polar surface area (TPSA) is 24.9 Å². The van der Waals surface area contributed by atoms with Crippen LogP contribution in [0.3, 0.4) is 0 Å². The number of nitrogens with one attached hydrogen (secondary N) is 1. The smallest absolute Gasteiger partial charge is 0.126 e. The van der Waals surface area contributed by atoms with Gasteiger partial charge in [-0.15, -0.1) is 11.3 Å². The molecule has 0 bridgehead atoms. The van der Waals surface area contributed by atoms with Crippen molar-refractivity contribution < 1.29 is 4.39 Å². The lowest BCUT2D eigenvalue weighted by Crippen LogP contribution is -2.18. The fraction of sp³-hybridized carbons (Fsp3) is 0.235. The highest BCUT2D eigenvalue weighted by Crippen LogP contribution is 2.33. The number of para-hydroxylation sites is 1. The molecule has 0 saturated carbocycles. The van der Waals surface area contributed by atoms with E-state index in [1.54, 1.807) is 23.5 Å². The van der Waals surface area contributed by atoms with Crippen LogP contribution >= 0.6 is 11.3 Å². The van der Waals surface area contributed by atoms with Crippen LogP contribution in [-0.2, 0) is 13.0 Å². The lowest BCUT2D eigenvalue weighted by Gasteiger charge is -2.12. The molecule has 1 aromatic heterocycles. The molecular formula is C17H15FN2S. The fourth-order valence-electron chi connectivity index (χ4n) is 3.03. The molecule has 1 aliphatic carbocycles. The van der Waals surface area contributed by atoms with E-state index in [1.807, 2.05) is 24.3 Å². The van der Waals surface area contributed by atoms with Gasteiger partial charge in [0.05, 0.1) is 10.2 Å². The fourth-order valence-corrected chi connectivity index (χ4v) is 3.95. The van der Waals surface area contributed by atoms with Gasteiger partial charge in [-0.1, -0.05) is 24.3 Å². The Morgan fingerprint density at radius 2 is 2.10 bits per heavy atom. The summed E-state index contributed by atoms with van der Waals surface area (Å²) in [6.07, 6.45) is 1.78. The molecule has 0 saturated heterocycles. The summed E-state index contributed by atoms with van der Waals surface area (Å²) in [5, 5.41) is 4.61. The van der Waals surface area contributed by atoms with Gasteiger partial charge in [0.25, 0.3) is 0 Å². The van der Waals surface area contributed by atoms with Gasteiger partial charge in [0, 0.05) is 12.6 Å². The van der Waals surface area contributed by atoms with Crippen molar-refractivity contribution in [1.29, 1.82) is 0 Å². The number of rotatable bonds is 3. The molecule has 4 heteroatoms. The molecule has 1 N–H and O–H groups in total. The zero-order valence-electron chi connectivity index (χ0n) is 11.5. The van der Waals surface area contributed by atoms with Gasteiger partial charge in [0.15, 0.2) is 0 Å². The molecule has 0 aliphatic heterocycles. The number of nitrogens with zero attached hydrogens (tertiary/aromatic N) is 1. The van der Waals surface area contributed by atoms with Crippen LogP contribution in [0.25, 0.3) is 10.2 Å². The maximum absolute atomic E-state index is 13.7. The van der Waals surface area contributed by atoms with Gasteiger partial charge in [0.2, 0.25) is 0 Å². The first-order valence-electron chi connectivity index (χ1n) is 7.16. The summed E-state index contributed by atoms with van der Waals surface area (Å²) in [7, 11) is 0. The molecule has 1 heterocycles. The molecule has 0 fully saturated rings. The van der Waals surface area contributed by atoms with E-state index in [0.29, 0.717) is 0 Å². The monoisotopic (exact) mass is 298 g/mol. The summed E-state index contributed by atoms with van der Waals surface area (Å²) in [5.74, 6) is -0.0724. The number of hydrogen-bond acceptors (Lipinski definition) is 3. The van der Waals surface area contributed by atoms with Gasteiger partial charge in [-0.05, 0) is 42.2 Å². The van der Waals surface area contributed by atoms with Crippen LogP contribution < -0.4 is 5.32 Å². The largest absolute Gasteiger partial charge is 0.304 e. The lowest BCUT2D eigenvalue weighted by atomic mass is 10.1. The van der Waals surface area contributed by atoms with E-state index in [1.165, 1.54) is 4.70 Å². The Hall–Kier alpha value is -1.78. The van der Waals surface area contributed by atoms with E-state index in [4.69, 9.17) is 0 Å². The average molecular weight is 298 g/mol. The quantitative estimate of drug-likeness (QED) is 0.783. The van der Waals surface area contributed by atoms with Crippen molar-refractivity contribution in [3.05, 3.63) is 64.4 Å². The summed E-state index contributed by atoms with van der Waals surface area (Å²) in [6.45, 7) is 0.736. The van der Waals surface area contributed by atoms with Crippen molar-refractivity contribution in [1.82, 2.24) is 10.3 Å². The standard InChI is InChI=1S/C17H15FN2S/c18-13-5-3-4-12-11(13)8-9-14(12)19-10-17-20-15-6-1-2-7-16(15)21-17/h1-7,14,19H,8-10H2. The number of fused-ring (bicyclic) bond motifs is 2. The third-order valence-corrected chi connectivity index (χ3v) is 5.09. The number of halogens is 1. The second kappa shape index (κ2) is 5.20. The first-order chi connectivity index (χ1) is 10.3. The summed E-state index contributed by atoms with van der Waals surface area (Å²) >= 11 is 1.72. The van der Waals surface area contributed by atoms with Gasteiger partial charge in [-0.3, -0.25) is 0 Å². The van der Waals surface area contributed by atoms with Crippen molar-refractivity contribution in [3.63, 3.8) is 0 Å². The highest BCUT2D eigenvalue weighted by atomic mass is 32.1. The van der Waals surface area contributed by atoms with Gasteiger partial charge in [-0.2, -0.15) is 0 Å². The van der Waals surface area contributed by atoms with Crippen LogP contribution in [-0.4, -0.2) is 4.98 Å². The van der Waals surface area contributed by atoms with E-state index >= 15 is 0 Å². The maximum atomic E-state index is 13.7. The van der Waals surface area contributed by atoms with Crippen LogP contribution in [0.15, 0.2) is 42.5 Å². The molecule has 1 unspecified atom stereocenters. The first-order valence-corrected chi connectivity index (χ1v) is 7.98. The number of benzene rings is 2. The summed E-state index contributed by atoms with van der Waals surface area (Å²) in [6, 6.07) is 13.8. The second-order valence-electron chi connectivity index (χ2n) is 5.36. The van der Waals surface area contributed by atoms with Gasteiger partial charge >= 0.3 is 0 Å². The Morgan fingerprint density at radius 1 is 1.19 bits per heavy atom. The minimum Gasteiger partial charge on any atom is -0.304 e. The Morgan fingerprint density at radius 3 is 3.00 bits per heavy atom. The van der Waals surface area contributed by atoms with E-state index in [0.717, 1.165) is 41.0 Å². The van der Waals surface area contributed by atoms with Crippen LogP contribution in [0.4, 0.5) is 4.39 Å². The molecule has 106 valence electrons. The lowest BCUT2D eigenvalue weighted by molar-refractivity contribution is 0.529. The number of aromatic nitrogens is 1. The average Bonchev–Trinajstić information content (AvgIpc) is 3.09. The van der Waals surface area contributed by atoms with Crippen LogP contribution in [0.2, 0.25) is 0 Å². The van der Waals surface area contributed by atoms with E-state index in [2.05, 4.69) is 16.4 Å². The van der Waals surface area contributed by atoms with Crippen molar-refractivity contribution in [2.75, 3.05) is 0 Å². The van der Waals surface area contributed by atoms with Crippen LogP contribution in [0.1, 0.15) is 28.6 Å². The number of hydrogen-bond donors (Lipinski definition) is 1. The predicted molar refractivity (Wildman–Crippen MR) is 83.9 cm³/mol. The second-order valence-corrected chi connectivity index (χ2v) is 6.47. The highest BCUT2D eigenvalue weighted by Gasteiger charge is 2.24. The Kier molecular flexibility index (Phi) is 3.20. The summed E-state index contributed by atoms with van der Waals surface area (Å²) in [4.78, 5) is 4.63. The van der Waals surface area contributed by atoms with Crippen LogP contribution in [0, 0.1) is 5.82 Å². The Bertz CT molecular complexity index is 763. The summed E-state index contributed by atoms with van der Waals surface area (Å²) in [5.41, 5.74) is 3.03. The van der Waals surface area contributed by atoms with Gasteiger partial charge in [-0.25, -0.2) is 9.37 Å². The molecule has 3 aromatic rings. The molecule has 21 heavy (non-hydrogen) atoms. The van der Waals surface area contributed by atoms with Crippen molar-refractivity contribution in [2.45, 2.75) is 25.4 Å². The highest BCUT2D eigenvalue weighted by molar-refractivity contribution is 7.18. The zero-order valence-corrected chi connectivity index (χ0v) is 12.3. The molecule has 0 amide bonds. The first kappa shape index (κ1) is 12.9. The van der Waals surface area contributed by atoms with Crippen molar-refractivity contribution >= 4 is 21.6 Å². The van der Waals surface area contributed by atoms with E-state index < -0.39 is 0 Å². The molecular weight excluding hydrogens is 283 g/mol. The summed E-state index contributed by atoms with van der Waals surface area (Å²) < 4.78 is 14.9. The molecule has 2 aromatic carbocycles. The molecule has 1 aliphatic rings. The number of thiazole rings is 1. The maximum Gasteiger partial charge on any atom is 0.126 e. The van der Waals surface area contributed by atoms with Gasteiger partial charge < -0.3 is 5.32 Å². The van der Waals surface area contributed by atoms with Gasteiger partial charge in [0.1, 0.15) is 10.8 Å². The normalized spacial score (nSPS) is 17.3. The molecule has 2 nitrogen and oxygen atoms in total. The van der Waals surface area contributed by atoms with E-state index in [9.17, 15) is 4.39 Å². The molecule has 0 spiro atoms. The Labute approximate surface area is 126 Å². The molecule has 0 radical (unpaired) electrons. The van der Waals surface area contributed by atoms with Crippen molar-refractivity contribution in [2.24, 2.45) is 0 Å². The van der Waals surface area contributed by atoms with Crippen molar-refractivity contribution in [3.8, 4) is 0 Å². The SMILES string of the molecule is Fc1cccc2c1CCC2NCc1nc2ccccc2s1. The van der Waals surface area contributed by atoms with Crippen LogP contribution in [0.5, 0.6) is 0 Å². The third-order valence-electron chi connectivity index (χ3n) is 4.05. The predicted octanol–water partition coefficient (Wildman–Crippen LogP) is 4.21. The van der Waals surface area contributed by atoms with E-state index in [-0.39, 0.29) is 11.9 Å². The minimum absolute atomic E-state index is 0.0724.